The highest BCUT2D eigenvalue weighted by Crippen LogP contribution is 2.03. The lowest BCUT2D eigenvalue weighted by atomic mass is 10.3. The van der Waals surface area contributed by atoms with Crippen molar-refractivity contribution >= 4 is 17.6 Å². The van der Waals surface area contributed by atoms with E-state index in [0.717, 1.165) is 18.8 Å². The third kappa shape index (κ3) is 4.80. The molecule has 1 aromatic carbocycles. The van der Waals surface area contributed by atoms with E-state index < -0.39 is 0 Å². The Morgan fingerprint density at radius 3 is 2.62 bits per heavy atom. The maximum absolute atomic E-state index is 3.33. The molecule has 0 atom stereocenters. The number of anilines is 1. The molecule has 1 aromatic rings. The molecule has 1 rings (SSSR count). The molecule has 0 saturated heterocycles. The fourth-order valence-electron chi connectivity index (χ4n) is 0.988. The third-order valence-corrected chi connectivity index (χ3v) is 2.27. The second-order valence-electron chi connectivity index (χ2n) is 2.62. The van der Waals surface area contributed by atoms with Crippen LogP contribution in [0, 0.1) is 0 Å². The molecular weight excluding hydrogens is 180 g/mol. The first-order valence-corrected chi connectivity index (χ1v) is 5.55. The van der Waals surface area contributed by atoms with Crippen molar-refractivity contribution in [3.8, 4) is 0 Å². The quantitative estimate of drug-likeness (QED) is 0.539. The number of hydrogen-bond acceptors (Lipinski definition) is 3. The molecule has 0 fully saturated rings. The summed E-state index contributed by atoms with van der Waals surface area (Å²) in [5.41, 5.74) is 1.19. The summed E-state index contributed by atoms with van der Waals surface area (Å²) in [5.74, 6) is 1.12. The van der Waals surface area contributed by atoms with Crippen LogP contribution in [0.1, 0.15) is 6.92 Å². The summed E-state index contributed by atoms with van der Waals surface area (Å²) < 4.78 is 3.26. The van der Waals surface area contributed by atoms with Crippen molar-refractivity contribution in [3.63, 3.8) is 0 Å². The van der Waals surface area contributed by atoms with Gasteiger partial charge in [0.1, 0.15) is 0 Å². The second-order valence-corrected chi connectivity index (χ2v) is 3.77. The van der Waals surface area contributed by atoms with Gasteiger partial charge >= 0.3 is 0 Å². The lowest BCUT2D eigenvalue weighted by molar-refractivity contribution is 0.955. The van der Waals surface area contributed by atoms with Gasteiger partial charge in [-0.1, -0.05) is 37.1 Å². The molecule has 2 nitrogen and oxygen atoms in total. The lowest BCUT2D eigenvalue weighted by Crippen LogP contribution is -2.16. The van der Waals surface area contributed by atoms with Crippen LogP contribution in [0.5, 0.6) is 0 Å². The SMILES string of the molecule is CCSNCCNc1ccccc1. The van der Waals surface area contributed by atoms with E-state index in [4.69, 9.17) is 0 Å². The van der Waals surface area contributed by atoms with Crippen molar-refractivity contribution in [1.29, 1.82) is 0 Å². The van der Waals surface area contributed by atoms with Crippen molar-refractivity contribution in [2.75, 3.05) is 24.2 Å². The molecular formula is C10H16N2S. The van der Waals surface area contributed by atoms with Gasteiger partial charge in [-0.2, -0.15) is 0 Å². The molecule has 0 spiro atoms. The minimum atomic E-state index is 0.969. The molecule has 0 aliphatic carbocycles. The smallest absolute Gasteiger partial charge is 0.0340 e. The van der Waals surface area contributed by atoms with Crippen LogP contribution in [0.25, 0.3) is 0 Å². The van der Waals surface area contributed by atoms with Crippen LogP contribution >= 0.6 is 11.9 Å². The maximum atomic E-state index is 3.33. The molecule has 72 valence electrons. The van der Waals surface area contributed by atoms with Crippen LogP contribution in [0.2, 0.25) is 0 Å². The van der Waals surface area contributed by atoms with Gasteiger partial charge in [0.05, 0.1) is 0 Å². The molecule has 0 heterocycles. The van der Waals surface area contributed by atoms with Crippen LogP contribution in [-0.4, -0.2) is 18.8 Å². The summed E-state index contributed by atoms with van der Waals surface area (Å²) in [6, 6.07) is 10.3. The Balaban J connectivity index is 2.07. The van der Waals surface area contributed by atoms with Gasteiger partial charge in [0.2, 0.25) is 0 Å². The van der Waals surface area contributed by atoms with E-state index in [9.17, 15) is 0 Å². The Bertz CT molecular complexity index is 213. The summed E-state index contributed by atoms with van der Waals surface area (Å²) in [4.78, 5) is 0. The fourth-order valence-corrected chi connectivity index (χ4v) is 1.44. The minimum Gasteiger partial charge on any atom is -0.384 e. The average molecular weight is 196 g/mol. The zero-order valence-corrected chi connectivity index (χ0v) is 8.73. The Morgan fingerprint density at radius 1 is 1.15 bits per heavy atom. The van der Waals surface area contributed by atoms with Crippen molar-refractivity contribution in [2.45, 2.75) is 6.92 Å². The van der Waals surface area contributed by atoms with Gasteiger partial charge in [-0.15, -0.1) is 0 Å². The molecule has 0 saturated carbocycles. The molecule has 0 amide bonds. The third-order valence-electron chi connectivity index (χ3n) is 1.58. The Hall–Kier alpha value is -0.670. The van der Waals surface area contributed by atoms with E-state index >= 15 is 0 Å². The van der Waals surface area contributed by atoms with Gasteiger partial charge in [0.25, 0.3) is 0 Å². The number of para-hydroxylation sites is 1. The monoisotopic (exact) mass is 196 g/mol. The van der Waals surface area contributed by atoms with E-state index in [1.807, 2.05) is 18.2 Å². The van der Waals surface area contributed by atoms with Crippen LogP contribution in [-0.2, 0) is 0 Å². The first-order valence-electron chi connectivity index (χ1n) is 4.57. The van der Waals surface area contributed by atoms with Crippen LogP contribution in [0.15, 0.2) is 30.3 Å². The van der Waals surface area contributed by atoms with Gasteiger partial charge in [0.15, 0.2) is 0 Å². The molecule has 13 heavy (non-hydrogen) atoms. The molecule has 3 heteroatoms. The van der Waals surface area contributed by atoms with Crippen LogP contribution < -0.4 is 10.0 Å². The summed E-state index contributed by atoms with van der Waals surface area (Å²) in [6.07, 6.45) is 0. The van der Waals surface area contributed by atoms with Crippen molar-refractivity contribution in [3.05, 3.63) is 30.3 Å². The number of nitrogens with one attached hydrogen (secondary N) is 2. The van der Waals surface area contributed by atoms with Gasteiger partial charge in [-0.05, 0) is 12.1 Å². The predicted octanol–water partition coefficient (Wildman–Crippen LogP) is 2.36. The Morgan fingerprint density at radius 2 is 1.92 bits per heavy atom. The zero-order chi connectivity index (χ0) is 9.36. The fraction of sp³-hybridized carbons (Fsp3) is 0.400. The van der Waals surface area contributed by atoms with Gasteiger partial charge < -0.3 is 5.32 Å². The van der Waals surface area contributed by atoms with E-state index in [1.54, 1.807) is 11.9 Å². The molecule has 0 aromatic heterocycles. The highest BCUT2D eigenvalue weighted by Gasteiger charge is 1.88. The molecule has 0 unspecified atom stereocenters. The van der Waals surface area contributed by atoms with E-state index in [-0.39, 0.29) is 0 Å². The maximum Gasteiger partial charge on any atom is 0.0340 e. The first kappa shape index (κ1) is 10.4. The van der Waals surface area contributed by atoms with E-state index in [0.29, 0.717) is 0 Å². The number of hydrogen-bond donors (Lipinski definition) is 2. The average Bonchev–Trinajstić information content (AvgIpc) is 2.19. The second kappa shape index (κ2) is 6.80. The van der Waals surface area contributed by atoms with Crippen molar-refractivity contribution in [1.82, 2.24) is 4.72 Å². The Labute approximate surface area is 84.2 Å². The van der Waals surface area contributed by atoms with Crippen molar-refractivity contribution < 1.29 is 0 Å². The molecule has 0 radical (unpaired) electrons. The topological polar surface area (TPSA) is 24.1 Å². The lowest BCUT2D eigenvalue weighted by Gasteiger charge is -2.05. The molecule has 0 aliphatic heterocycles. The number of rotatable bonds is 6. The summed E-state index contributed by atoms with van der Waals surface area (Å²) in [5, 5.41) is 3.33. The summed E-state index contributed by atoms with van der Waals surface area (Å²) in [6.45, 7) is 4.10. The first-order chi connectivity index (χ1) is 6.43. The molecule has 0 aliphatic rings. The largest absolute Gasteiger partial charge is 0.384 e. The highest BCUT2D eigenvalue weighted by atomic mass is 32.2. The zero-order valence-electron chi connectivity index (χ0n) is 7.92. The summed E-state index contributed by atoms with van der Waals surface area (Å²) >= 11 is 1.75. The molecule has 2 N–H and O–H groups in total. The molecule has 0 bridgehead atoms. The predicted molar refractivity (Wildman–Crippen MR) is 61.1 cm³/mol. The normalized spacial score (nSPS) is 9.92. The van der Waals surface area contributed by atoms with E-state index in [1.165, 1.54) is 5.69 Å². The van der Waals surface area contributed by atoms with Gasteiger partial charge in [-0.25, -0.2) is 0 Å². The standard InChI is InChI=1S/C10H16N2S/c1-2-13-12-9-8-11-10-6-4-3-5-7-10/h3-7,11-12H,2,8-9H2,1H3. The van der Waals surface area contributed by atoms with Crippen molar-refractivity contribution in [2.24, 2.45) is 0 Å². The summed E-state index contributed by atoms with van der Waals surface area (Å²) in [7, 11) is 0. The van der Waals surface area contributed by atoms with E-state index in [2.05, 4.69) is 29.1 Å². The minimum absolute atomic E-state index is 0.969. The van der Waals surface area contributed by atoms with Gasteiger partial charge in [-0.3, -0.25) is 4.72 Å². The van der Waals surface area contributed by atoms with Crippen LogP contribution in [0.4, 0.5) is 5.69 Å². The Kier molecular flexibility index (Phi) is 5.45. The van der Waals surface area contributed by atoms with Crippen LogP contribution in [0.3, 0.4) is 0 Å². The highest BCUT2D eigenvalue weighted by molar-refractivity contribution is 7.97. The number of benzene rings is 1. The van der Waals surface area contributed by atoms with Gasteiger partial charge in [0, 0.05) is 24.5 Å².